The lowest BCUT2D eigenvalue weighted by atomic mass is 9.77. The maximum atomic E-state index is 12.3. The minimum atomic E-state index is -0.186. The molecule has 2 rings (SSSR count). The molecule has 1 heterocycles. The lowest BCUT2D eigenvalue weighted by Crippen LogP contribution is -2.50. The Morgan fingerprint density at radius 1 is 1.50 bits per heavy atom. The minimum absolute atomic E-state index is 0.186. The molecule has 0 aromatic rings. The molecule has 2 N–H and O–H groups in total. The van der Waals surface area contributed by atoms with Gasteiger partial charge in [0.1, 0.15) is 0 Å². The van der Waals surface area contributed by atoms with Crippen LogP contribution in [0.5, 0.6) is 0 Å². The van der Waals surface area contributed by atoms with Crippen molar-refractivity contribution in [3.8, 4) is 0 Å². The Morgan fingerprint density at radius 3 is 2.94 bits per heavy atom. The molecule has 0 radical (unpaired) electrons. The Hall–Kier alpha value is -0.610. The first-order chi connectivity index (χ1) is 8.77. The van der Waals surface area contributed by atoms with Gasteiger partial charge >= 0.3 is 0 Å². The number of hydrogen-bond acceptors (Lipinski definition) is 3. The van der Waals surface area contributed by atoms with Crippen molar-refractivity contribution in [3.05, 3.63) is 0 Å². The molecule has 1 aliphatic carbocycles. The van der Waals surface area contributed by atoms with Gasteiger partial charge in [-0.25, -0.2) is 0 Å². The zero-order valence-corrected chi connectivity index (χ0v) is 11.5. The molecule has 4 heteroatoms. The molecule has 4 nitrogen and oxygen atoms in total. The summed E-state index contributed by atoms with van der Waals surface area (Å²) in [5.74, 6) is 0.998. The topological polar surface area (TPSA) is 50.4 Å². The van der Waals surface area contributed by atoms with Crippen LogP contribution in [-0.2, 0) is 9.53 Å². The summed E-state index contributed by atoms with van der Waals surface area (Å²) >= 11 is 0. The number of carbonyl (C=O) groups excluding carboxylic acids is 1. The van der Waals surface area contributed by atoms with E-state index < -0.39 is 0 Å². The Balaban J connectivity index is 1.64. The second kappa shape index (κ2) is 6.53. The molecule has 1 saturated carbocycles. The highest BCUT2D eigenvalue weighted by Crippen LogP contribution is 2.30. The molecule has 1 unspecified atom stereocenters. The fourth-order valence-electron chi connectivity index (χ4n) is 2.58. The molecule has 18 heavy (non-hydrogen) atoms. The second-order valence-corrected chi connectivity index (χ2v) is 5.69. The molecule has 1 amide bonds. The van der Waals surface area contributed by atoms with Gasteiger partial charge in [-0.05, 0) is 44.6 Å². The van der Waals surface area contributed by atoms with Gasteiger partial charge in [-0.2, -0.15) is 0 Å². The van der Waals surface area contributed by atoms with E-state index in [-0.39, 0.29) is 11.3 Å². The maximum Gasteiger partial charge on any atom is 0.227 e. The Kier molecular flexibility index (Phi) is 5.01. The van der Waals surface area contributed by atoms with Gasteiger partial charge in [0.25, 0.3) is 0 Å². The monoisotopic (exact) mass is 254 g/mol. The van der Waals surface area contributed by atoms with Crippen molar-refractivity contribution < 1.29 is 9.53 Å². The molecule has 1 atom stereocenters. The standard InChI is InChI=1S/C14H26N2O2/c1-2-14(6-3-7-15-11-14)13(17)16-8-9-18-10-12-4-5-12/h12,15H,2-11H2,1H3,(H,16,17). The second-order valence-electron chi connectivity index (χ2n) is 5.69. The van der Waals surface area contributed by atoms with Crippen molar-refractivity contribution in [2.24, 2.45) is 11.3 Å². The van der Waals surface area contributed by atoms with Gasteiger partial charge in [0.05, 0.1) is 12.0 Å². The van der Waals surface area contributed by atoms with Crippen molar-refractivity contribution in [3.63, 3.8) is 0 Å². The van der Waals surface area contributed by atoms with Crippen LogP contribution in [0.4, 0.5) is 0 Å². The van der Waals surface area contributed by atoms with Gasteiger partial charge in [0.2, 0.25) is 5.91 Å². The highest BCUT2D eigenvalue weighted by molar-refractivity contribution is 5.83. The fourth-order valence-corrected chi connectivity index (χ4v) is 2.58. The Morgan fingerprint density at radius 2 is 2.33 bits per heavy atom. The van der Waals surface area contributed by atoms with E-state index in [2.05, 4.69) is 17.6 Å². The third-order valence-electron chi connectivity index (χ3n) is 4.21. The summed E-state index contributed by atoms with van der Waals surface area (Å²) in [4.78, 5) is 12.3. The van der Waals surface area contributed by atoms with E-state index in [0.717, 1.165) is 44.9 Å². The maximum absolute atomic E-state index is 12.3. The molecule has 1 saturated heterocycles. The summed E-state index contributed by atoms with van der Waals surface area (Å²) in [6.45, 7) is 6.13. The van der Waals surface area contributed by atoms with E-state index >= 15 is 0 Å². The van der Waals surface area contributed by atoms with Crippen molar-refractivity contribution in [1.29, 1.82) is 0 Å². The predicted octanol–water partition coefficient (Wildman–Crippen LogP) is 1.31. The number of ether oxygens (including phenoxy) is 1. The molecular formula is C14H26N2O2. The Bertz CT molecular complexity index is 271. The molecular weight excluding hydrogens is 228 g/mol. The van der Waals surface area contributed by atoms with E-state index in [4.69, 9.17) is 4.74 Å². The third kappa shape index (κ3) is 3.69. The van der Waals surface area contributed by atoms with E-state index in [9.17, 15) is 4.79 Å². The van der Waals surface area contributed by atoms with E-state index in [1.807, 2.05) is 0 Å². The Labute approximate surface area is 110 Å². The summed E-state index contributed by atoms with van der Waals surface area (Å²) in [6, 6.07) is 0. The largest absolute Gasteiger partial charge is 0.379 e. The lowest BCUT2D eigenvalue weighted by Gasteiger charge is -2.35. The molecule has 1 aliphatic heterocycles. The van der Waals surface area contributed by atoms with Crippen LogP contribution in [0, 0.1) is 11.3 Å². The van der Waals surface area contributed by atoms with Crippen LogP contribution in [0.3, 0.4) is 0 Å². The van der Waals surface area contributed by atoms with Crippen molar-refractivity contribution in [2.75, 3.05) is 32.8 Å². The van der Waals surface area contributed by atoms with Gasteiger partial charge in [-0.15, -0.1) is 0 Å². The third-order valence-corrected chi connectivity index (χ3v) is 4.21. The van der Waals surface area contributed by atoms with Crippen LogP contribution in [0.15, 0.2) is 0 Å². The molecule has 0 aromatic heterocycles. The molecule has 0 aromatic carbocycles. The van der Waals surface area contributed by atoms with Gasteiger partial charge in [0.15, 0.2) is 0 Å². The van der Waals surface area contributed by atoms with Crippen LogP contribution >= 0.6 is 0 Å². The summed E-state index contributed by atoms with van der Waals surface area (Å²) < 4.78 is 5.53. The molecule has 2 fully saturated rings. The zero-order chi connectivity index (χ0) is 12.8. The number of amides is 1. The quantitative estimate of drug-likeness (QED) is 0.674. The number of rotatable bonds is 7. The summed E-state index contributed by atoms with van der Waals surface area (Å²) in [5, 5.41) is 6.37. The molecule has 0 bridgehead atoms. The van der Waals surface area contributed by atoms with E-state index in [1.165, 1.54) is 12.8 Å². The van der Waals surface area contributed by atoms with E-state index in [0.29, 0.717) is 13.2 Å². The number of hydrogen-bond donors (Lipinski definition) is 2. The average molecular weight is 254 g/mol. The first-order valence-corrected chi connectivity index (χ1v) is 7.33. The summed E-state index contributed by atoms with van der Waals surface area (Å²) in [5.41, 5.74) is -0.186. The fraction of sp³-hybridized carbons (Fsp3) is 0.929. The molecule has 2 aliphatic rings. The van der Waals surface area contributed by atoms with Crippen LogP contribution in [0.1, 0.15) is 39.0 Å². The highest BCUT2D eigenvalue weighted by Gasteiger charge is 2.37. The number of nitrogens with one attached hydrogen (secondary N) is 2. The normalized spacial score (nSPS) is 28.1. The predicted molar refractivity (Wildman–Crippen MR) is 71.4 cm³/mol. The van der Waals surface area contributed by atoms with Gasteiger partial charge in [-0.1, -0.05) is 6.92 Å². The van der Waals surface area contributed by atoms with Crippen LogP contribution < -0.4 is 10.6 Å². The van der Waals surface area contributed by atoms with Crippen molar-refractivity contribution in [1.82, 2.24) is 10.6 Å². The minimum Gasteiger partial charge on any atom is -0.379 e. The first kappa shape index (κ1) is 13.8. The zero-order valence-electron chi connectivity index (χ0n) is 11.5. The van der Waals surface area contributed by atoms with Gasteiger partial charge < -0.3 is 15.4 Å². The van der Waals surface area contributed by atoms with E-state index in [1.54, 1.807) is 0 Å². The first-order valence-electron chi connectivity index (χ1n) is 7.33. The molecule has 0 spiro atoms. The number of carbonyl (C=O) groups is 1. The molecule has 104 valence electrons. The van der Waals surface area contributed by atoms with Crippen molar-refractivity contribution >= 4 is 5.91 Å². The smallest absolute Gasteiger partial charge is 0.227 e. The van der Waals surface area contributed by atoms with Crippen LogP contribution in [0.25, 0.3) is 0 Å². The van der Waals surface area contributed by atoms with Gasteiger partial charge in [0, 0.05) is 19.7 Å². The van der Waals surface area contributed by atoms with Crippen LogP contribution in [-0.4, -0.2) is 38.8 Å². The number of piperidine rings is 1. The SMILES string of the molecule is CCC1(C(=O)NCCOCC2CC2)CCCNC1. The highest BCUT2D eigenvalue weighted by atomic mass is 16.5. The van der Waals surface area contributed by atoms with Crippen molar-refractivity contribution in [2.45, 2.75) is 39.0 Å². The summed E-state index contributed by atoms with van der Waals surface area (Å²) in [6.07, 6.45) is 5.65. The summed E-state index contributed by atoms with van der Waals surface area (Å²) in [7, 11) is 0. The van der Waals surface area contributed by atoms with Crippen LogP contribution in [0.2, 0.25) is 0 Å². The lowest BCUT2D eigenvalue weighted by molar-refractivity contribution is -0.132. The van der Waals surface area contributed by atoms with Gasteiger partial charge in [-0.3, -0.25) is 4.79 Å². The average Bonchev–Trinajstić information content (AvgIpc) is 3.23.